The molecule has 0 aliphatic heterocycles. The predicted molar refractivity (Wildman–Crippen MR) is 164 cm³/mol. The lowest BCUT2D eigenvalue weighted by molar-refractivity contribution is -0.119. The third-order valence-corrected chi connectivity index (χ3v) is 9.10. The van der Waals surface area contributed by atoms with E-state index in [1.807, 2.05) is 0 Å². The van der Waals surface area contributed by atoms with E-state index in [9.17, 15) is 18.0 Å². The number of alkyl halides is 1. The molecule has 2 N–H and O–H groups in total. The molecule has 2 atom stereocenters. The summed E-state index contributed by atoms with van der Waals surface area (Å²) in [6.07, 6.45) is 12.8. The fourth-order valence-electron chi connectivity index (χ4n) is 4.32. The number of ether oxygens (including phenoxy) is 1. The first kappa shape index (κ1) is 35.2. The summed E-state index contributed by atoms with van der Waals surface area (Å²) in [5, 5.41) is 4.86. The molecule has 2 amide bonds. The van der Waals surface area contributed by atoms with Crippen molar-refractivity contribution in [2.24, 2.45) is 11.8 Å². The number of carbonyl (C=O) groups excluding carboxylic acids is 2. The van der Waals surface area contributed by atoms with Gasteiger partial charge in [0.25, 0.3) is 0 Å². The van der Waals surface area contributed by atoms with Crippen LogP contribution in [0.3, 0.4) is 0 Å². The Labute approximate surface area is 242 Å². The zero-order valence-corrected chi connectivity index (χ0v) is 26.3. The van der Waals surface area contributed by atoms with Crippen LogP contribution in [-0.4, -0.2) is 44.2 Å². The highest BCUT2D eigenvalue weighted by molar-refractivity contribution is 7.91. The molecule has 0 aliphatic rings. The van der Waals surface area contributed by atoms with Crippen LogP contribution < -0.4 is 15.4 Å². The molecule has 0 saturated heterocycles. The van der Waals surface area contributed by atoms with Crippen LogP contribution in [0.1, 0.15) is 105 Å². The lowest BCUT2D eigenvalue weighted by atomic mass is 10.1. The summed E-state index contributed by atoms with van der Waals surface area (Å²) in [7, 11) is -1.85. The van der Waals surface area contributed by atoms with Gasteiger partial charge in [-0.15, -0.1) is 11.6 Å². The predicted octanol–water partition coefficient (Wildman–Crippen LogP) is 7.59. The van der Waals surface area contributed by atoms with Crippen LogP contribution in [0, 0.1) is 11.8 Å². The van der Waals surface area contributed by atoms with Crippen LogP contribution in [0.15, 0.2) is 18.2 Å². The molecule has 1 aromatic rings. The van der Waals surface area contributed by atoms with Crippen LogP contribution in [0.2, 0.25) is 0 Å². The number of nitrogens with one attached hydrogen (secondary N) is 2. The van der Waals surface area contributed by atoms with Crippen LogP contribution in [0.4, 0.5) is 11.4 Å². The number of hydrogen-bond acceptors (Lipinski definition) is 5. The monoisotopic (exact) mass is 586 g/mol. The van der Waals surface area contributed by atoms with Crippen LogP contribution in [0.25, 0.3) is 0 Å². The molecule has 0 radical (unpaired) electrons. The van der Waals surface area contributed by atoms with Crippen molar-refractivity contribution in [1.82, 2.24) is 0 Å². The van der Waals surface area contributed by atoms with Gasteiger partial charge in [0, 0.05) is 11.6 Å². The summed E-state index contributed by atoms with van der Waals surface area (Å²) in [6, 6.07) is 4.87. The van der Waals surface area contributed by atoms with E-state index >= 15 is 0 Å². The van der Waals surface area contributed by atoms with E-state index in [1.54, 1.807) is 25.1 Å². The van der Waals surface area contributed by atoms with Crippen molar-refractivity contribution in [1.29, 1.82) is 0 Å². The van der Waals surface area contributed by atoms with E-state index in [0.717, 1.165) is 25.7 Å². The van der Waals surface area contributed by atoms with E-state index in [4.69, 9.17) is 16.3 Å². The number of sulfone groups is 1. The SMILES string of the molecule is CCCCCCCCCCCCS(=O)(=O)CC(C)C(=O)Nc1ccc(OC)c(NC(=O)C(Cl)CCC(C)C)c1. The number of anilines is 2. The van der Waals surface area contributed by atoms with Gasteiger partial charge in [0.05, 0.1) is 24.3 Å². The minimum atomic E-state index is -3.33. The Morgan fingerprint density at radius 1 is 0.872 bits per heavy atom. The highest BCUT2D eigenvalue weighted by atomic mass is 35.5. The van der Waals surface area contributed by atoms with E-state index in [1.165, 1.54) is 45.6 Å². The molecular weight excluding hydrogens is 536 g/mol. The third-order valence-electron chi connectivity index (χ3n) is 6.77. The van der Waals surface area contributed by atoms with E-state index in [-0.39, 0.29) is 17.4 Å². The second-order valence-corrected chi connectivity index (χ2v) is 13.8. The number of unbranched alkanes of at least 4 members (excludes halogenated alkanes) is 9. The number of rotatable bonds is 21. The molecule has 0 aliphatic carbocycles. The molecule has 0 fully saturated rings. The maximum atomic E-state index is 12.8. The summed E-state index contributed by atoms with van der Waals surface area (Å²) in [4.78, 5) is 25.3. The second-order valence-electron chi connectivity index (χ2n) is 11.0. The van der Waals surface area contributed by atoms with E-state index in [0.29, 0.717) is 35.9 Å². The number of carbonyl (C=O) groups is 2. The Bertz CT molecular complexity index is 968. The first-order valence-electron chi connectivity index (χ1n) is 14.6. The highest BCUT2D eigenvalue weighted by Gasteiger charge is 2.22. The van der Waals surface area contributed by atoms with Gasteiger partial charge in [-0.2, -0.15) is 0 Å². The molecule has 0 spiro atoms. The molecule has 2 unspecified atom stereocenters. The van der Waals surface area contributed by atoms with Crippen molar-refractivity contribution in [2.45, 2.75) is 110 Å². The minimum Gasteiger partial charge on any atom is -0.495 e. The number of methoxy groups -OCH3 is 1. The summed E-state index contributed by atoms with van der Waals surface area (Å²) in [5.74, 6) is -0.659. The van der Waals surface area contributed by atoms with Gasteiger partial charge in [-0.25, -0.2) is 8.42 Å². The second kappa shape index (κ2) is 19.3. The molecule has 0 bridgehead atoms. The Morgan fingerprint density at radius 3 is 2.03 bits per heavy atom. The van der Waals surface area contributed by atoms with Crippen molar-refractivity contribution in [3.63, 3.8) is 0 Å². The van der Waals surface area contributed by atoms with Crippen molar-refractivity contribution in [3.8, 4) is 5.75 Å². The average Bonchev–Trinajstić information content (AvgIpc) is 2.88. The maximum absolute atomic E-state index is 12.8. The molecule has 0 aromatic heterocycles. The molecule has 1 rings (SSSR count). The molecule has 1 aromatic carbocycles. The third kappa shape index (κ3) is 15.5. The van der Waals surface area contributed by atoms with Gasteiger partial charge in [-0.1, -0.05) is 85.5 Å². The number of amides is 2. The Hall–Kier alpha value is -1.80. The van der Waals surface area contributed by atoms with E-state index in [2.05, 4.69) is 31.4 Å². The lowest BCUT2D eigenvalue weighted by Gasteiger charge is -2.16. The number of halogens is 1. The first-order valence-corrected chi connectivity index (χ1v) is 16.9. The zero-order valence-electron chi connectivity index (χ0n) is 24.7. The molecule has 7 nitrogen and oxygen atoms in total. The van der Waals surface area contributed by atoms with Gasteiger partial charge < -0.3 is 15.4 Å². The molecule has 9 heteroatoms. The topological polar surface area (TPSA) is 102 Å². The van der Waals surface area contributed by atoms with Gasteiger partial charge in [0.2, 0.25) is 11.8 Å². The van der Waals surface area contributed by atoms with E-state index < -0.39 is 27.0 Å². The molecule has 224 valence electrons. The van der Waals surface area contributed by atoms with Crippen molar-refractivity contribution in [2.75, 3.05) is 29.2 Å². The van der Waals surface area contributed by atoms with Gasteiger partial charge in [0.1, 0.15) is 11.1 Å². The molecular formula is C30H51ClN2O5S. The fraction of sp³-hybridized carbons (Fsp3) is 0.733. The quantitative estimate of drug-likeness (QED) is 0.114. The largest absolute Gasteiger partial charge is 0.495 e. The Balaban J connectivity index is 2.53. The van der Waals surface area contributed by atoms with Crippen LogP contribution >= 0.6 is 11.6 Å². The minimum absolute atomic E-state index is 0.107. The highest BCUT2D eigenvalue weighted by Crippen LogP contribution is 2.29. The van der Waals surface area contributed by atoms with Crippen LogP contribution in [0.5, 0.6) is 5.75 Å². The fourth-order valence-corrected chi connectivity index (χ4v) is 6.22. The molecule has 0 saturated carbocycles. The standard InChI is InChI=1S/C30H51ClN2O5S/c1-6-7-8-9-10-11-12-13-14-15-20-39(36,37)22-24(4)29(34)32-25-17-19-28(38-5)27(21-25)33-30(35)26(31)18-16-23(2)3/h17,19,21,23-24,26H,6-16,18,20,22H2,1-5H3,(H,32,34)(H,33,35). The van der Waals surface area contributed by atoms with Crippen molar-refractivity contribution >= 4 is 44.6 Å². The van der Waals surface area contributed by atoms with Gasteiger partial charge in [-0.05, 0) is 43.4 Å². The normalized spacial score (nSPS) is 13.2. The molecule has 0 heterocycles. The van der Waals surface area contributed by atoms with Crippen LogP contribution in [-0.2, 0) is 19.4 Å². The molecule has 39 heavy (non-hydrogen) atoms. The van der Waals surface area contributed by atoms with Gasteiger partial charge >= 0.3 is 0 Å². The number of benzene rings is 1. The maximum Gasteiger partial charge on any atom is 0.242 e. The zero-order chi connectivity index (χ0) is 29.3. The average molecular weight is 587 g/mol. The van der Waals surface area contributed by atoms with Crippen molar-refractivity contribution < 1.29 is 22.7 Å². The Morgan fingerprint density at radius 2 is 1.46 bits per heavy atom. The summed E-state index contributed by atoms with van der Waals surface area (Å²) in [5.41, 5.74) is 0.820. The van der Waals surface area contributed by atoms with Crippen molar-refractivity contribution in [3.05, 3.63) is 18.2 Å². The first-order chi connectivity index (χ1) is 18.5. The smallest absolute Gasteiger partial charge is 0.242 e. The number of hydrogen-bond donors (Lipinski definition) is 2. The van der Waals surface area contributed by atoms with Gasteiger partial charge in [-0.3, -0.25) is 9.59 Å². The summed E-state index contributed by atoms with van der Waals surface area (Å²) >= 11 is 6.26. The summed E-state index contributed by atoms with van der Waals surface area (Å²) in [6.45, 7) is 7.97. The summed E-state index contributed by atoms with van der Waals surface area (Å²) < 4.78 is 30.5. The van der Waals surface area contributed by atoms with Gasteiger partial charge in [0.15, 0.2) is 9.84 Å². The Kier molecular flexibility index (Phi) is 17.4. The lowest BCUT2D eigenvalue weighted by Crippen LogP contribution is -2.28.